The van der Waals surface area contributed by atoms with Gasteiger partial charge in [0.25, 0.3) is 5.91 Å². The van der Waals surface area contributed by atoms with Crippen LogP contribution in [-0.2, 0) is 20.9 Å². The molecular formula is C31H37ClF5N5O6. The molecule has 1 heterocycles. The maximum atomic E-state index is 15.1. The lowest BCUT2D eigenvalue weighted by Gasteiger charge is -2.37. The van der Waals surface area contributed by atoms with Gasteiger partial charge in [-0.1, -0.05) is 17.7 Å². The molecule has 0 unspecified atom stereocenters. The monoisotopic (exact) mass is 705 g/mol. The number of carboxylic acids is 1. The van der Waals surface area contributed by atoms with Gasteiger partial charge in [-0.3, -0.25) is 14.5 Å². The molecule has 0 aliphatic carbocycles. The van der Waals surface area contributed by atoms with Gasteiger partial charge in [0, 0.05) is 56.3 Å². The molecule has 3 amide bonds. The number of rotatable bonds is 12. The molecule has 0 bridgehead atoms. The number of nitrogens with one attached hydrogen (secondary N) is 3. The van der Waals surface area contributed by atoms with Gasteiger partial charge in [-0.15, -0.1) is 0 Å². The molecule has 11 nitrogen and oxygen atoms in total. The van der Waals surface area contributed by atoms with Crippen molar-refractivity contribution in [1.82, 2.24) is 15.5 Å². The molecule has 1 fully saturated rings. The van der Waals surface area contributed by atoms with Crippen LogP contribution in [0.15, 0.2) is 30.3 Å². The first-order valence-corrected chi connectivity index (χ1v) is 15.3. The van der Waals surface area contributed by atoms with Crippen molar-refractivity contribution in [1.29, 1.82) is 0 Å². The summed E-state index contributed by atoms with van der Waals surface area (Å²) in [5.41, 5.74) is -1.10. The Hall–Kier alpha value is -4.18. The number of anilines is 2. The van der Waals surface area contributed by atoms with Crippen LogP contribution >= 0.6 is 11.6 Å². The molecule has 0 saturated carbocycles. The van der Waals surface area contributed by atoms with Crippen LogP contribution < -0.4 is 20.9 Å². The molecule has 0 spiro atoms. The summed E-state index contributed by atoms with van der Waals surface area (Å²) in [6.07, 6.45) is -6.86. The number of ether oxygens (including phenoxy) is 1. The number of alkyl halides is 3. The maximum Gasteiger partial charge on any atom is 0.408 e. The zero-order chi connectivity index (χ0) is 35.8. The second-order valence-corrected chi connectivity index (χ2v) is 12.5. The van der Waals surface area contributed by atoms with E-state index in [0.717, 1.165) is 12.1 Å². The summed E-state index contributed by atoms with van der Waals surface area (Å²) in [6, 6.07) is 5.22. The van der Waals surface area contributed by atoms with E-state index in [1.165, 1.54) is 12.1 Å². The van der Waals surface area contributed by atoms with Gasteiger partial charge >= 0.3 is 18.2 Å². The maximum absolute atomic E-state index is 15.1. The predicted molar refractivity (Wildman–Crippen MR) is 167 cm³/mol. The summed E-state index contributed by atoms with van der Waals surface area (Å²) >= 11 is 6.16. The van der Waals surface area contributed by atoms with Gasteiger partial charge in [0.05, 0.1) is 23.4 Å². The van der Waals surface area contributed by atoms with Crippen molar-refractivity contribution in [3.63, 3.8) is 0 Å². The average molecular weight is 706 g/mol. The number of nitrogens with zero attached hydrogens (tertiary/aromatic N) is 2. The van der Waals surface area contributed by atoms with Crippen LogP contribution in [0.3, 0.4) is 0 Å². The summed E-state index contributed by atoms with van der Waals surface area (Å²) in [7, 11) is 0. The third-order valence-corrected chi connectivity index (χ3v) is 7.40. The van der Waals surface area contributed by atoms with Crippen molar-refractivity contribution in [2.75, 3.05) is 42.9 Å². The number of piperazine rings is 1. The molecule has 1 aliphatic rings. The predicted octanol–water partition coefficient (Wildman–Crippen LogP) is 5.32. The molecular weight excluding hydrogens is 669 g/mol. The van der Waals surface area contributed by atoms with E-state index in [0.29, 0.717) is 36.9 Å². The summed E-state index contributed by atoms with van der Waals surface area (Å²) < 4.78 is 72.9. The molecule has 1 aliphatic heterocycles. The largest absolute Gasteiger partial charge is 0.480 e. The first kappa shape index (κ1) is 38.3. The number of halogens is 6. The second-order valence-electron chi connectivity index (χ2n) is 12.1. The first-order chi connectivity index (χ1) is 22.3. The van der Waals surface area contributed by atoms with E-state index < -0.39 is 71.9 Å². The molecule has 1 atom stereocenters. The highest BCUT2D eigenvalue weighted by molar-refractivity contribution is 6.31. The number of carboxylic acid groups (broad SMARTS) is 1. The third-order valence-electron chi connectivity index (χ3n) is 7.16. The van der Waals surface area contributed by atoms with Gasteiger partial charge < -0.3 is 30.7 Å². The Morgan fingerprint density at radius 3 is 2.27 bits per heavy atom. The van der Waals surface area contributed by atoms with Crippen molar-refractivity contribution in [2.45, 2.75) is 64.4 Å². The molecule has 2 aromatic rings. The van der Waals surface area contributed by atoms with Crippen molar-refractivity contribution in [2.24, 2.45) is 0 Å². The van der Waals surface area contributed by atoms with Crippen LogP contribution in [0.2, 0.25) is 5.02 Å². The molecule has 0 radical (unpaired) electrons. The van der Waals surface area contributed by atoms with E-state index in [2.05, 4.69) is 16.0 Å². The highest BCUT2D eigenvalue weighted by atomic mass is 35.5. The summed E-state index contributed by atoms with van der Waals surface area (Å²) in [4.78, 5) is 52.2. The highest BCUT2D eigenvalue weighted by Crippen LogP contribution is 2.31. The number of amides is 3. The number of alkyl carbamates (subject to hydrolysis) is 1. The molecule has 17 heteroatoms. The van der Waals surface area contributed by atoms with E-state index >= 15 is 4.39 Å². The van der Waals surface area contributed by atoms with Crippen molar-refractivity contribution >= 4 is 46.9 Å². The van der Waals surface area contributed by atoms with Crippen LogP contribution in [0, 0.1) is 11.6 Å². The van der Waals surface area contributed by atoms with Crippen LogP contribution in [0.4, 0.5) is 38.1 Å². The number of carbonyl (C=O) groups is 4. The number of carbonyl (C=O) groups excluding carboxylic acids is 3. The van der Waals surface area contributed by atoms with Gasteiger partial charge in [0.2, 0.25) is 5.91 Å². The van der Waals surface area contributed by atoms with Gasteiger partial charge in [-0.25, -0.2) is 18.4 Å². The molecule has 4 N–H and O–H groups in total. The fourth-order valence-corrected chi connectivity index (χ4v) is 4.89. The average Bonchev–Trinajstić information content (AvgIpc) is 2.98. The number of hydrogen-bond acceptors (Lipinski definition) is 7. The Bertz CT molecular complexity index is 1500. The normalized spacial score (nSPS) is 14.6. The summed E-state index contributed by atoms with van der Waals surface area (Å²) in [6.45, 7) is 5.49. The van der Waals surface area contributed by atoms with Crippen LogP contribution in [0.25, 0.3) is 0 Å². The lowest BCUT2D eigenvalue weighted by molar-refractivity contribution is -0.140. The van der Waals surface area contributed by atoms with Gasteiger partial charge in [-0.05, 0) is 51.5 Å². The summed E-state index contributed by atoms with van der Waals surface area (Å²) in [5.74, 6) is -5.94. The molecule has 48 heavy (non-hydrogen) atoms. The van der Waals surface area contributed by atoms with Gasteiger partial charge in [-0.2, -0.15) is 13.2 Å². The molecule has 3 rings (SSSR count). The van der Waals surface area contributed by atoms with E-state index in [4.69, 9.17) is 16.3 Å². The van der Waals surface area contributed by atoms with Crippen LogP contribution in [0.5, 0.6) is 0 Å². The quantitative estimate of drug-likeness (QED) is 0.218. The van der Waals surface area contributed by atoms with E-state index in [1.54, 1.807) is 31.7 Å². The Labute approximate surface area is 278 Å². The molecule has 0 aromatic heterocycles. The second kappa shape index (κ2) is 16.3. The molecule has 264 valence electrons. The summed E-state index contributed by atoms with van der Waals surface area (Å²) in [5, 5.41) is 16.7. The Kier molecular flexibility index (Phi) is 13.0. The third kappa shape index (κ3) is 11.8. The highest BCUT2D eigenvalue weighted by Gasteiger charge is 2.30. The fraction of sp³-hybridized carbons (Fsp3) is 0.484. The van der Waals surface area contributed by atoms with Gasteiger partial charge in [0.15, 0.2) is 11.6 Å². The molecule has 2 aromatic carbocycles. The molecule has 1 saturated heterocycles. The lowest BCUT2D eigenvalue weighted by Crippen LogP contribution is -2.47. The smallest absolute Gasteiger partial charge is 0.408 e. The number of benzene rings is 2. The minimum atomic E-state index is -4.26. The Balaban J connectivity index is 1.60. The van der Waals surface area contributed by atoms with Crippen LogP contribution in [0.1, 0.15) is 56.0 Å². The van der Waals surface area contributed by atoms with E-state index in [9.17, 15) is 41.8 Å². The van der Waals surface area contributed by atoms with Gasteiger partial charge in [0.1, 0.15) is 11.6 Å². The standard InChI is InChI=1S/C31H37ClF5N5O6/c1-30(2,3)48-29(47)40-22(28(45)46)8-9-24(43)38-17-18-4-6-20(26(34)25(18)33)27(44)39-21-7-5-19(32)16-23(21)42-14-12-41(13-15-42)11-10-31(35,36)37/h4-7,16,22H,8-15,17H2,1-3H3,(H,38,43)(H,39,44)(H,40,47)(H,45,46)/t22-/m0/s1. The van der Waals surface area contributed by atoms with Crippen LogP contribution in [-0.4, -0.2) is 84.4 Å². The zero-order valence-electron chi connectivity index (χ0n) is 26.5. The fourth-order valence-electron chi connectivity index (χ4n) is 4.73. The minimum absolute atomic E-state index is 0.139. The van der Waals surface area contributed by atoms with E-state index in [1.807, 2.05) is 4.90 Å². The van der Waals surface area contributed by atoms with Crippen molar-refractivity contribution in [3.8, 4) is 0 Å². The SMILES string of the molecule is CC(C)(C)OC(=O)N[C@@H](CCC(=O)NCc1ccc(C(=O)Nc2ccc(Cl)cc2N2CCN(CCC(F)(F)F)CC2)c(F)c1F)C(=O)O. The Morgan fingerprint density at radius 2 is 1.67 bits per heavy atom. The first-order valence-electron chi connectivity index (χ1n) is 14.9. The lowest BCUT2D eigenvalue weighted by atomic mass is 10.1. The van der Waals surface area contributed by atoms with E-state index in [-0.39, 0.29) is 30.6 Å². The van der Waals surface area contributed by atoms with Crippen molar-refractivity contribution in [3.05, 3.63) is 58.1 Å². The topological polar surface area (TPSA) is 140 Å². The van der Waals surface area contributed by atoms with Crippen molar-refractivity contribution < 1.29 is 51.0 Å². The number of hydrogen-bond donors (Lipinski definition) is 4. The zero-order valence-corrected chi connectivity index (χ0v) is 27.2. The minimum Gasteiger partial charge on any atom is -0.480 e. The Morgan fingerprint density at radius 1 is 1.00 bits per heavy atom. The number of aliphatic carboxylic acids is 1.